The fourth-order valence-corrected chi connectivity index (χ4v) is 4.88. The summed E-state index contributed by atoms with van der Waals surface area (Å²) in [6.07, 6.45) is 0.468. The number of carbonyl (C=O) groups excluding carboxylic acids is 1. The van der Waals surface area contributed by atoms with E-state index in [2.05, 4.69) is 0 Å². The highest BCUT2D eigenvalue weighted by Crippen LogP contribution is 2.53. The Morgan fingerprint density at radius 3 is 2.21 bits per heavy atom. The number of halogens is 2. The molecular weight excluding hydrogens is 371 g/mol. The van der Waals surface area contributed by atoms with Gasteiger partial charge in [0.15, 0.2) is 0 Å². The second-order valence-corrected chi connectivity index (χ2v) is 9.97. The first-order valence-corrected chi connectivity index (χ1v) is 10.1. The topological polar surface area (TPSA) is 57.7 Å². The van der Waals surface area contributed by atoms with E-state index in [1.165, 1.54) is 4.31 Å². The van der Waals surface area contributed by atoms with E-state index in [9.17, 15) is 13.2 Å². The number of carbonyl (C=O) groups is 1. The fourth-order valence-electron chi connectivity index (χ4n) is 2.87. The largest absolute Gasteiger partial charge is 0.340 e. The summed E-state index contributed by atoms with van der Waals surface area (Å²) < 4.78 is 26.0. The van der Waals surface area contributed by atoms with Gasteiger partial charge in [0.05, 0.1) is 10.8 Å². The Balaban J connectivity index is 1.67. The molecule has 8 heteroatoms. The average Bonchev–Trinajstić information content (AvgIpc) is 3.18. The molecule has 5 nitrogen and oxygen atoms in total. The fraction of sp³-hybridized carbons (Fsp3) is 0.562. The van der Waals surface area contributed by atoms with Crippen molar-refractivity contribution in [3.63, 3.8) is 0 Å². The summed E-state index contributed by atoms with van der Waals surface area (Å²) in [4.78, 5) is 14.2. The van der Waals surface area contributed by atoms with E-state index < -0.39 is 14.4 Å². The third kappa shape index (κ3) is 3.29. The Kier molecular flexibility index (Phi) is 4.62. The number of rotatable bonds is 3. The molecule has 1 amide bonds. The van der Waals surface area contributed by atoms with Gasteiger partial charge in [-0.05, 0) is 43.5 Å². The zero-order valence-electron chi connectivity index (χ0n) is 13.6. The molecule has 0 N–H and O–H groups in total. The SMILES string of the molecule is Cc1ccc(S(=O)(=O)N2CCN(C(=O)[C@@H]3CC3(Cl)Cl)CC2)cc1C. The summed E-state index contributed by atoms with van der Waals surface area (Å²) >= 11 is 11.9. The lowest BCUT2D eigenvalue weighted by molar-refractivity contribution is -0.133. The van der Waals surface area contributed by atoms with E-state index in [1.807, 2.05) is 19.9 Å². The van der Waals surface area contributed by atoms with Crippen LogP contribution < -0.4 is 0 Å². The Bertz CT molecular complexity index is 772. The highest BCUT2D eigenvalue weighted by atomic mass is 35.5. The van der Waals surface area contributed by atoms with Crippen molar-refractivity contribution in [2.45, 2.75) is 29.5 Å². The van der Waals surface area contributed by atoms with Gasteiger partial charge in [0.1, 0.15) is 4.33 Å². The summed E-state index contributed by atoms with van der Waals surface area (Å²) in [7, 11) is -3.53. The van der Waals surface area contributed by atoms with Crippen LogP contribution >= 0.6 is 23.2 Å². The number of alkyl halides is 2. The van der Waals surface area contributed by atoms with Gasteiger partial charge in [-0.1, -0.05) is 6.07 Å². The van der Waals surface area contributed by atoms with Gasteiger partial charge in [0, 0.05) is 26.2 Å². The minimum atomic E-state index is -3.53. The summed E-state index contributed by atoms with van der Waals surface area (Å²) in [6.45, 7) is 5.13. The van der Waals surface area contributed by atoms with Crippen molar-refractivity contribution in [2.75, 3.05) is 26.2 Å². The standard InChI is InChI=1S/C16H20Cl2N2O3S/c1-11-3-4-13(9-12(11)2)24(22,23)20-7-5-19(6-8-20)15(21)14-10-16(14,17)18/h3-4,9,14H,5-8,10H2,1-2H3/t14-/m0/s1. The zero-order chi connectivity index (χ0) is 17.7. The van der Waals surface area contributed by atoms with E-state index in [0.29, 0.717) is 24.4 Å². The second kappa shape index (κ2) is 6.16. The Morgan fingerprint density at radius 1 is 1.12 bits per heavy atom. The molecule has 1 aromatic rings. The number of nitrogens with zero attached hydrogens (tertiary/aromatic N) is 2. The predicted octanol–water partition coefficient (Wildman–Crippen LogP) is 2.33. The minimum Gasteiger partial charge on any atom is -0.340 e. The van der Waals surface area contributed by atoms with E-state index in [0.717, 1.165) is 11.1 Å². The van der Waals surface area contributed by atoms with Crippen molar-refractivity contribution >= 4 is 39.1 Å². The lowest BCUT2D eigenvalue weighted by Gasteiger charge is -2.34. The molecule has 0 unspecified atom stereocenters. The predicted molar refractivity (Wildman–Crippen MR) is 93.8 cm³/mol. The van der Waals surface area contributed by atoms with Crippen molar-refractivity contribution in [3.8, 4) is 0 Å². The quantitative estimate of drug-likeness (QED) is 0.744. The summed E-state index contributed by atoms with van der Waals surface area (Å²) in [6, 6.07) is 5.14. The molecule has 24 heavy (non-hydrogen) atoms. The lowest BCUT2D eigenvalue weighted by Crippen LogP contribution is -2.51. The molecule has 1 heterocycles. The van der Waals surface area contributed by atoms with Crippen LogP contribution in [0.4, 0.5) is 0 Å². The van der Waals surface area contributed by atoms with Gasteiger partial charge in [-0.25, -0.2) is 8.42 Å². The number of sulfonamides is 1. The van der Waals surface area contributed by atoms with Crippen molar-refractivity contribution in [3.05, 3.63) is 29.3 Å². The maximum absolute atomic E-state index is 12.8. The molecule has 1 saturated heterocycles. The molecular formula is C16H20Cl2N2O3S. The van der Waals surface area contributed by atoms with Crippen LogP contribution in [-0.2, 0) is 14.8 Å². The third-order valence-electron chi connectivity index (χ3n) is 4.79. The zero-order valence-corrected chi connectivity index (χ0v) is 16.0. The smallest absolute Gasteiger partial charge is 0.243 e. The van der Waals surface area contributed by atoms with Crippen LogP contribution in [0.3, 0.4) is 0 Å². The monoisotopic (exact) mass is 390 g/mol. The van der Waals surface area contributed by atoms with E-state index >= 15 is 0 Å². The maximum atomic E-state index is 12.8. The van der Waals surface area contributed by atoms with Crippen LogP contribution in [0.2, 0.25) is 0 Å². The van der Waals surface area contributed by atoms with E-state index in [-0.39, 0.29) is 24.9 Å². The normalized spacial score (nSPS) is 24.0. The van der Waals surface area contributed by atoms with Gasteiger partial charge in [0.25, 0.3) is 0 Å². The highest BCUT2D eigenvalue weighted by molar-refractivity contribution is 7.89. The number of hydrogen-bond donors (Lipinski definition) is 0. The first kappa shape index (κ1) is 18.0. The van der Waals surface area contributed by atoms with Gasteiger partial charge >= 0.3 is 0 Å². The Labute approximate surface area is 152 Å². The molecule has 1 aliphatic carbocycles. The van der Waals surface area contributed by atoms with E-state index in [1.54, 1.807) is 17.0 Å². The molecule has 2 fully saturated rings. The molecule has 1 saturated carbocycles. The van der Waals surface area contributed by atoms with Crippen molar-refractivity contribution < 1.29 is 13.2 Å². The number of hydrogen-bond acceptors (Lipinski definition) is 3. The first-order chi connectivity index (χ1) is 11.1. The molecule has 1 atom stereocenters. The molecule has 2 aliphatic rings. The molecule has 0 spiro atoms. The minimum absolute atomic E-state index is 0.0803. The number of piperazine rings is 1. The maximum Gasteiger partial charge on any atom is 0.243 e. The molecule has 3 rings (SSSR count). The first-order valence-electron chi connectivity index (χ1n) is 7.87. The van der Waals surface area contributed by atoms with Gasteiger partial charge in [-0.3, -0.25) is 4.79 Å². The van der Waals surface area contributed by atoms with Crippen LogP contribution in [0, 0.1) is 19.8 Å². The number of aryl methyl sites for hydroxylation is 2. The van der Waals surface area contributed by atoms with Crippen LogP contribution in [0.15, 0.2) is 23.1 Å². The summed E-state index contributed by atoms with van der Waals surface area (Å²) in [5.41, 5.74) is 2.00. The molecule has 132 valence electrons. The Hall–Kier alpha value is -0.820. The van der Waals surface area contributed by atoms with Crippen molar-refractivity contribution in [2.24, 2.45) is 5.92 Å². The van der Waals surface area contributed by atoms with Crippen LogP contribution in [0.5, 0.6) is 0 Å². The molecule has 1 aromatic carbocycles. The van der Waals surface area contributed by atoms with Gasteiger partial charge in [0.2, 0.25) is 15.9 Å². The molecule has 0 aromatic heterocycles. The lowest BCUT2D eigenvalue weighted by atomic mass is 10.1. The van der Waals surface area contributed by atoms with E-state index in [4.69, 9.17) is 23.2 Å². The van der Waals surface area contributed by atoms with Gasteiger partial charge in [-0.15, -0.1) is 23.2 Å². The van der Waals surface area contributed by atoms with Crippen molar-refractivity contribution in [1.29, 1.82) is 0 Å². The van der Waals surface area contributed by atoms with Crippen LogP contribution in [0.1, 0.15) is 17.5 Å². The van der Waals surface area contributed by atoms with Gasteiger partial charge in [-0.2, -0.15) is 4.31 Å². The Morgan fingerprint density at radius 2 is 1.71 bits per heavy atom. The summed E-state index contributed by atoms with van der Waals surface area (Å²) in [5.74, 6) is -0.438. The average molecular weight is 391 g/mol. The van der Waals surface area contributed by atoms with Gasteiger partial charge < -0.3 is 4.90 Å². The highest BCUT2D eigenvalue weighted by Gasteiger charge is 2.57. The summed E-state index contributed by atoms with van der Waals surface area (Å²) in [5, 5.41) is 0. The molecule has 0 bridgehead atoms. The van der Waals surface area contributed by atoms with Crippen LogP contribution in [-0.4, -0.2) is 54.0 Å². The molecule has 1 aliphatic heterocycles. The third-order valence-corrected chi connectivity index (χ3v) is 7.52. The number of amides is 1. The second-order valence-electron chi connectivity index (χ2n) is 6.49. The molecule has 0 radical (unpaired) electrons. The van der Waals surface area contributed by atoms with Crippen LogP contribution in [0.25, 0.3) is 0 Å². The van der Waals surface area contributed by atoms with Crippen molar-refractivity contribution in [1.82, 2.24) is 9.21 Å². The number of benzene rings is 1.